The Hall–Kier alpha value is -3.63. The quantitative estimate of drug-likeness (QED) is 0.495. The van der Waals surface area contributed by atoms with Gasteiger partial charge in [0, 0.05) is 12.1 Å². The van der Waals surface area contributed by atoms with Crippen LogP contribution in [0.15, 0.2) is 36.4 Å². The van der Waals surface area contributed by atoms with Crippen LogP contribution < -0.4 is 0 Å². The van der Waals surface area contributed by atoms with Gasteiger partial charge in [-0.25, -0.2) is 22.8 Å². The van der Waals surface area contributed by atoms with Crippen molar-refractivity contribution in [1.29, 1.82) is 0 Å². The van der Waals surface area contributed by atoms with Gasteiger partial charge < -0.3 is 9.84 Å². The van der Waals surface area contributed by atoms with Gasteiger partial charge in [0.25, 0.3) is 5.69 Å². The lowest BCUT2D eigenvalue weighted by Crippen LogP contribution is -2.48. The van der Waals surface area contributed by atoms with E-state index < -0.39 is 52.3 Å². The summed E-state index contributed by atoms with van der Waals surface area (Å²) < 4.78 is 45.7. The van der Waals surface area contributed by atoms with E-state index in [0.717, 1.165) is 24.3 Å². The van der Waals surface area contributed by atoms with Crippen molar-refractivity contribution in [3.05, 3.63) is 75.1 Å². The molecule has 0 aliphatic carbocycles. The van der Waals surface area contributed by atoms with Gasteiger partial charge in [0.1, 0.15) is 12.1 Å². The van der Waals surface area contributed by atoms with Crippen LogP contribution in [-0.4, -0.2) is 33.7 Å². The number of nitrogens with zero attached hydrogens (tertiary/aromatic N) is 2. The molecule has 1 N–H and O–H groups in total. The first-order chi connectivity index (χ1) is 12.7. The highest BCUT2D eigenvalue weighted by Crippen LogP contribution is 2.42. The maximum absolute atomic E-state index is 13.8. The number of cyclic esters (lactones) is 1. The van der Waals surface area contributed by atoms with E-state index in [1.807, 2.05) is 0 Å². The number of hydrogen-bond acceptors (Lipinski definition) is 5. The van der Waals surface area contributed by atoms with Crippen LogP contribution in [0.5, 0.6) is 0 Å². The maximum atomic E-state index is 13.8. The van der Waals surface area contributed by atoms with E-state index in [-0.39, 0.29) is 16.2 Å². The predicted molar refractivity (Wildman–Crippen MR) is 81.4 cm³/mol. The van der Waals surface area contributed by atoms with Gasteiger partial charge in [-0.05, 0) is 35.4 Å². The molecule has 0 aromatic heterocycles. The van der Waals surface area contributed by atoms with Crippen molar-refractivity contribution in [3.8, 4) is 0 Å². The molecule has 8 nitrogen and oxygen atoms in total. The molecule has 0 saturated carbocycles. The number of halogens is 3. The van der Waals surface area contributed by atoms with E-state index in [4.69, 9.17) is 4.74 Å². The number of amides is 2. The summed E-state index contributed by atoms with van der Waals surface area (Å²) in [6.07, 6.45) is -3.10. The highest BCUT2D eigenvalue weighted by molar-refractivity contribution is 5.91. The average Bonchev–Trinajstić information content (AvgIpc) is 2.97. The lowest BCUT2D eigenvalue weighted by atomic mass is 9.82. The number of nitro benzene ring substituents is 1. The Morgan fingerprint density at radius 1 is 1.15 bits per heavy atom. The van der Waals surface area contributed by atoms with E-state index in [1.54, 1.807) is 0 Å². The number of rotatable bonds is 3. The van der Waals surface area contributed by atoms with E-state index >= 15 is 0 Å². The fraction of sp³-hybridized carbons (Fsp3) is 0.125. The summed E-state index contributed by atoms with van der Waals surface area (Å²) >= 11 is 0. The first-order valence-corrected chi connectivity index (χ1v) is 7.28. The molecule has 2 aromatic carbocycles. The molecule has 0 radical (unpaired) electrons. The molecule has 2 aromatic rings. The van der Waals surface area contributed by atoms with Gasteiger partial charge in [0.2, 0.25) is 0 Å². The van der Waals surface area contributed by atoms with Gasteiger partial charge in [0.15, 0.2) is 17.5 Å². The number of carboxylic acid groups (broad SMARTS) is 1. The normalized spacial score (nSPS) is 19.1. The number of ether oxygens (including phenoxy) is 1. The highest BCUT2D eigenvalue weighted by atomic mass is 19.2. The molecule has 1 fully saturated rings. The first kappa shape index (κ1) is 18.2. The fourth-order valence-electron chi connectivity index (χ4n) is 2.94. The second-order valence-corrected chi connectivity index (χ2v) is 5.59. The summed E-state index contributed by atoms with van der Waals surface area (Å²) in [6.45, 7) is -0.666. The van der Waals surface area contributed by atoms with Gasteiger partial charge in [0.05, 0.1) is 4.92 Å². The second-order valence-electron chi connectivity index (χ2n) is 5.59. The zero-order valence-corrected chi connectivity index (χ0v) is 13.2. The van der Waals surface area contributed by atoms with Crippen LogP contribution in [0.2, 0.25) is 0 Å². The van der Waals surface area contributed by atoms with Gasteiger partial charge in [-0.1, -0.05) is 0 Å². The minimum Gasteiger partial charge on any atom is -0.464 e. The average molecular weight is 382 g/mol. The van der Waals surface area contributed by atoms with E-state index in [9.17, 15) is 38.0 Å². The van der Waals surface area contributed by atoms with Crippen molar-refractivity contribution in [2.45, 2.75) is 5.54 Å². The van der Waals surface area contributed by atoms with Crippen LogP contribution in [0.1, 0.15) is 11.1 Å². The fourth-order valence-corrected chi connectivity index (χ4v) is 2.94. The lowest BCUT2D eigenvalue weighted by molar-refractivity contribution is -0.384. The molecular formula is C16H9F3N2O6. The number of imide groups is 1. The summed E-state index contributed by atoms with van der Waals surface area (Å²) in [5.41, 5.74) is -2.85. The smallest absolute Gasteiger partial charge is 0.420 e. The zero-order valence-electron chi connectivity index (χ0n) is 13.2. The van der Waals surface area contributed by atoms with Crippen LogP contribution in [-0.2, 0) is 10.3 Å². The van der Waals surface area contributed by atoms with Crippen LogP contribution >= 0.6 is 0 Å². The van der Waals surface area contributed by atoms with Crippen molar-refractivity contribution in [2.24, 2.45) is 0 Å². The minimum atomic E-state index is -2.06. The molecule has 11 heteroatoms. The van der Waals surface area contributed by atoms with Crippen molar-refractivity contribution in [1.82, 2.24) is 4.90 Å². The molecular weight excluding hydrogens is 373 g/mol. The number of carbonyl (C=O) groups is 2. The Labute approximate surface area is 148 Å². The predicted octanol–water partition coefficient (Wildman–Crippen LogP) is 3.39. The molecule has 0 bridgehead atoms. The number of benzene rings is 2. The zero-order chi connectivity index (χ0) is 19.9. The Morgan fingerprint density at radius 3 is 2.19 bits per heavy atom. The summed E-state index contributed by atoms with van der Waals surface area (Å²) in [5.74, 6) is -4.98. The van der Waals surface area contributed by atoms with Crippen molar-refractivity contribution in [3.63, 3.8) is 0 Å². The maximum Gasteiger partial charge on any atom is 0.420 e. The molecule has 3 rings (SSSR count). The molecule has 140 valence electrons. The van der Waals surface area contributed by atoms with E-state index in [0.29, 0.717) is 12.1 Å². The van der Waals surface area contributed by atoms with E-state index in [1.165, 1.54) is 0 Å². The third kappa shape index (κ3) is 2.72. The Balaban J connectivity index is 2.29. The molecule has 1 heterocycles. The summed E-state index contributed by atoms with van der Waals surface area (Å²) in [7, 11) is 0. The number of carbonyl (C=O) groups excluding carboxylic acids is 1. The van der Waals surface area contributed by atoms with Gasteiger partial charge in [-0.3, -0.25) is 10.1 Å². The number of non-ortho nitro benzene ring substituents is 1. The van der Waals surface area contributed by atoms with Crippen LogP contribution in [0.25, 0.3) is 0 Å². The van der Waals surface area contributed by atoms with E-state index in [2.05, 4.69) is 0 Å². The third-order valence-corrected chi connectivity index (χ3v) is 4.18. The van der Waals surface area contributed by atoms with Crippen molar-refractivity contribution < 1.29 is 37.5 Å². The van der Waals surface area contributed by atoms with Gasteiger partial charge >= 0.3 is 12.2 Å². The third-order valence-electron chi connectivity index (χ3n) is 4.18. The molecule has 1 aliphatic heterocycles. The van der Waals surface area contributed by atoms with Gasteiger partial charge in [-0.2, -0.15) is 4.90 Å². The molecule has 1 aliphatic rings. The Kier molecular flexibility index (Phi) is 4.22. The lowest BCUT2D eigenvalue weighted by Gasteiger charge is -2.33. The van der Waals surface area contributed by atoms with Crippen molar-refractivity contribution in [2.75, 3.05) is 6.61 Å². The molecule has 27 heavy (non-hydrogen) atoms. The molecule has 2 amide bonds. The molecule has 1 atom stereocenters. The number of nitro groups is 1. The largest absolute Gasteiger partial charge is 0.464 e. The summed E-state index contributed by atoms with van der Waals surface area (Å²) in [4.78, 5) is 33.9. The van der Waals surface area contributed by atoms with Crippen LogP contribution in [0.3, 0.4) is 0 Å². The Bertz CT molecular complexity index is 942. The van der Waals surface area contributed by atoms with Crippen molar-refractivity contribution >= 4 is 17.9 Å². The highest BCUT2D eigenvalue weighted by Gasteiger charge is 2.54. The second kappa shape index (κ2) is 6.27. The van der Waals surface area contributed by atoms with Gasteiger partial charge in [-0.15, -0.1) is 0 Å². The Morgan fingerprint density at radius 2 is 1.70 bits per heavy atom. The summed E-state index contributed by atoms with van der Waals surface area (Å²) in [5, 5.41) is 20.2. The first-order valence-electron chi connectivity index (χ1n) is 7.28. The van der Waals surface area contributed by atoms with Crippen LogP contribution in [0, 0.1) is 27.6 Å². The molecule has 0 spiro atoms. The topological polar surface area (TPSA) is 110 Å². The SMILES string of the molecule is O=C(O)N1C(=O)OC[C@]1(c1ccc([N+](=O)[O-])cc1)c1cc(F)c(F)c(F)c1. The molecule has 0 unspecified atom stereocenters. The standard InChI is InChI=1S/C16H9F3N2O6/c17-11-5-9(6-12(18)13(11)19)16(7-27-15(24)20(16)14(22)23)8-1-3-10(4-2-8)21(25)26/h1-6H,7H2,(H,22,23)/t16-/m0/s1. The minimum absolute atomic E-state index is 0.0354. The molecule has 1 saturated heterocycles. The monoisotopic (exact) mass is 382 g/mol. The number of hydrogen-bond donors (Lipinski definition) is 1. The van der Waals surface area contributed by atoms with Crippen LogP contribution in [0.4, 0.5) is 28.4 Å². The summed E-state index contributed by atoms with van der Waals surface area (Å²) in [6, 6.07) is 5.37.